The molecule has 0 saturated heterocycles. The smallest absolute Gasteiger partial charge is 0.261 e. The third kappa shape index (κ3) is 5.85. The Balaban J connectivity index is 0.00000364. The summed E-state index contributed by atoms with van der Waals surface area (Å²) in [5.41, 5.74) is 0.847. The molecule has 2 rings (SSSR count). The summed E-state index contributed by atoms with van der Waals surface area (Å²) in [6.45, 7) is 0.280. The van der Waals surface area contributed by atoms with Crippen LogP contribution in [0.15, 0.2) is 24.3 Å². The summed E-state index contributed by atoms with van der Waals surface area (Å²) in [6.07, 6.45) is 3.69. The lowest BCUT2D eigenvalue weighted by atomic mass is 10.1. The van der Waals surface area contributed by atoms with E-state index in [2.05, 4.69) is 18.2 Å². The molecule has 7 nitrogen and oxygen atoms in total. The number of nitrogens with zero attached hydrogens (tertiary/aromatic N) is 4. The van der Waals surface area contributed by atoms with E-state index in [9.17, 15) is 9.59 Å². The Morgan fingerprint density at radius 2 is 1.18 bits per heavy atom. The number of rotatable bonds is 9. The van der Waals surface area contributed by atoms with Crippen molar-refractivity contribution in [2.24, 2.45) is 0 Å². The summed E-state index contributed by atoms with van der Waals surface area (Å²) >= 11 is 0. The number of hydrogen-bond donors (Lipinski definition) is 0. The summed E-state index contributed by atoms with van der Waals surface area (Å²) in [4.78, 5) is 26.3. The van der Waals surface area contributed by atoms with E-state index in [1.54, 1.807) is 24.3 Å². The van der Waals surface area contributed by atoms with Gasteiger partial charge in [-0.1, -0.05) is 12.1 Å². The monoisotopic (exact) mass is 464 g/mol. The third-order valence-electron chi connectivity index (χ3n) is 4.77. The van der Waals surface area contributed by atoms with Crippen molar-refractivity contribution in [1.29, 1.82) is 15.8 Å². The summed E-state index contributed by atoms with van der Waals surface area (Å²) in [7, 11) is -1.76. The number of carbonyl (C=O) groups excluding carboxylic acids is 2. The average molecular weight is 465 g/mol. The summed E-state index contributed by atoms with van der Waals surface area (Å²) in [6, 6.07) is 13.2. The van der Waals surface area contributed by atoms with Crippen LogP contribution in [0.5, 0.6) is 0 Å². The lowest BCUT2D eigenvalue weighted by Gasteiger charge is -2.27. The van der Waals surface area contributed by atoms with E-state index >= 15 is 0 Å². The number of halogens is 1. The molecule has 1 aromatic carbocycles. The minimum atomic E-state index is -1.76. The maximum atomic E-state index is 12.5. The SMILES string of the molecule is N#CCC[P+](CCC#N)(CCC#N)CCN1C(=O)c2ccccc2C1=O.O.[Br-]. The molecule has 0 fully saturated rings. The molecule has 1 aromatic rings. The lowest BCUT2D eigenvalue weighted by molar-refractivity contribution is -0.0000305. The van der Waals surface area contributed by atoms with Crippen LogP contribution in [-0.4, -0.2) is 53.4 Å². The Labute approximate surface area is 176 Å². The van der Waals surface area contributed by atoms with E-state index in [0.717, 1.165) is 0 Å². The zero-order chi connectivity index (χ0) is 19.0. The highest BCUT2D eigenvalue weighted by Gasteiger charge is 2.41. The van der Waals surface area contributed by atoms with Crippen LogP contribution in [0, 0.1) is 34.0 Å². The maximum absolute atomic E-state index is 12.5. The van der Waals surface area contributed by atoms with Gasteiger partial charge in [0, 0.05) is 7.26 Å². The van der Waals surface area contributed by atoms with Crippen molar-refractivity contribution in [3.05, 3.63) is 35.4 Å². The molecule has 148 valence electrons. The summed E-state index contributed by atoms with van der Waals surface area (Å²) < 4.78 is 0. The van der Waals surface area contributed by atoms with Gasteiger partial charge in [0.2, 0.25) is 0 Å². The van der Waals surface area contributed by atoms with Gasteiger partial charge in [0.05, 0.1) is 79.8 Å². The first-order valence-electron chi connectivity index (χ1n) is 8.50. The van der Waals surface area contributed by atoms with Crippen molar-refractivity contribution in [3.63, 3.8) is 0 Å². The molecule has 9 heteroatoms. The van der Waals surface area contributed by atoms with Crippen LogP contribution < -0.4 is 17.0 Å². The Morgan fingerprint density at radius 3 is 1.54 bits per heavy atom. The fraction of sp³-hybridized carbons (Fsp3) is 0.421. The van der Waals surface area contributed by atoms with Gasteiger partial charge in [-0.25, -0.2) is 0 Å². The van der Waals surface area contributed by atoms with Gasteiger partial charge in [-0.2, -0.15) is 15.8 Å². The van der Waals surface area contributed by atoms with Gasteiger partial charge in [-0.3, -0.25) is 14.5 Å². The maximum Gasteiger partial charge on any atom is 0.261 e. The van der Waals surface area contributed by atoms with Crippen molar-refractivity contribution < 1.29 is 32.0 Å². The average Bonchev–Trinajstić information content (AvgIpc) is 2.91. The molecular formula is C19H22BrN4O3P. The number of hydrogen-bond acceptors (Lipinski definition) is 5. The van der Waals surface area contributed by atoms with E-state index < -0.39 is 7.26 Å². The highest BCUT2D eigenvalue weighted by atomic mass is 79.9. The molecule has 0 atom stereocenters. The second-order valence-corrected chi connectivity index (χ2v) is 10.7. The molecule has 1 aliphatic heterocycles. The van der Waals surface area contributed by atoms with E-state index in [1.165, 1.54) is 4.90 Å². The number of nitriles is 3. The van der Waals surface area contributed by atoms with Gasteiger partial charge < -0.3 is 22.5 Å². The van der Waals surface area contributed by atoms with Gasteiger partial charge in [0.1, 0.15) is 0 Å². The van der Waals surface area contributed by atoms with Crippen LogP contribution in [0.3, 0.4) is 0 Å². The van der Waals surface area contributed by atoms with E-state index in [4.69, 9.17) is 15.8 Å². The van der Waals surface area contributed by atoms with Crippen LogP contribution in [-0.2, 0) is 0 Å². The van der Waals surface area contributed by atoms with Gasteiger partial charge in [0.25, 0.3) is 11.8 Å². The molecule has 1 aliphatic rings. The molecule has 0 bridgehead atoms. The predicted octanol–water partition coefficient (Wildman–Crippen LogP) is -0.779. The minimum Gasteiger partial charge on any atom is -1.00 e. The van der Waals surface area contributed by atoms with Crippen LogP contribution in [0.2, 0.25) is 0 Å². The Bertz CT molecular complexity index is 745. The Kier molecular flexibility index (Phi) is 11.2. The van der Waals surface area contributed by atoms with Crippen molar-refractivity contribution in [2.75, 3.05) is 31.2 Å². The van der Waals surface area contributed by atoms with E-state index in [1.807, 2.05) is 0 Å². The number of fused-ring (bicyclic) bond motifs is 1. The number of benzene rings is 1. The molecule has 0 unspecified atom stereocenters. The number of carbonyl (C=O) groups is 2. The van der Waals surface area contributed by atoms with Crippen LogP contribution in [0.25, 0.3) is 0 Å². The van der Waals surface area contributed by atoms with Crippen LogP contribution >= 0.6 is 7.26 Å². The van der Waals surface area contributed by atoms with Crippen molar-refractivity contribution in [3.8, 4) is 18.2 Å². The van der Waals surface area contributed by atoms with E-state index in [-0.39, 0.29) is 40.8 Å². The lowest BCUT2D eigenvalue weighted by Crippen LogP contribution is -3.00. The van der Waals surface area contributed by atoms with E-state index in [0.29, 0.717) is 55.0 Å². The minimum absolute atomic E-state index is 0. The first-order valence-corrected chi connectivity index (χ1v) is 11.0. The van der Waals surface area contributed by atoms with Gasteiger partial charge in [-0.05, 0) is 12.1 Å². The van der Waals surface area contributed by atoms with Crippen molar-refractivity contribution >= 4 is 19.1 Å². The molecule has 2 amide bonds. The van der Waals surface area contributed by atoms with Crippen molar-refractivity contribution in [1.82, 2.24) is 4.90 Å². The molecule has 2 N–H and O–H groups in total. The zero-order valence-corrected chi connectivity index (χ0v) is 17.9. The van der Waals surface area contributed by atoms with Crippen LogP contribution in [0.1, 0.15) is 40.0 Å². The number of imide groups is 1. The zero-order valence-electron chi connectivity index (χ0n) is 15.4. The molecule has 0 spiro atoms. The van der Waals surface area contributed by atoms with Gasteiger partial charge >= 0.3 is 0 Å². The normalized spacial score (nSPS) is 12.1. The van der Waals surface area contributed by atoms with Crippen LogP contribution in [0.4, 0.5) is 0 Å². The Hall–Kier alpha value is -2.30. The summed E-state index contributed by atoms with van der Waals surface area (Å²) in [5, 5.41) is 26.9. The Morgan fingerprint density at radius 1 is 0.786 bits per heavy atom. The topological polar surface area (TPSA) is 140 Å². The quantitative estimate of drug-likeness (QED) is 0.348. The first-order chi connectivity index (χ1) is 12.6. The molecule has 0 aliphatic carbocycles. The number of amides is 2. The van der Waals surface area contributed by atoms with Gasteiger partial charge in [-0.15, -0.1) is 0 Å². The molecule has 0 saturated carbocycles. The molecule has 1 heterocycles. The standard InChI is InChI=1S/C19H20N4O2P.BrH.H2O/c20-8-3-12-26(13-4-9-21,14-5-10-22)15-11-23-18(24)16-6-1-2-7-17(16)19(23)25;;/h1-2,6-7H,3-5,11-15H2;1H;1H2/q+1;;/p-1. The third-order valence-corrected chi connectivity index (χ3v) is 9.44. The second-order valence-electron chi connectivity index (χ2n) is 6.27. The predicted molar refractivity (Wildman–Crippen MR) is 103 cm³/mol. The highest BCUT2D eigenvalue weighted by molar-refractivity contribution is 7.75. The first kappa shape index (κ1) is 25.7. The molecule has 28 heavy (non-hydrogen) atoms. The largest absolute Gasteiger partial charge is 1.00 e. The summed E-state index contributed by atoms with van der Waals surface area (Å²) in [5.74, 6) is -0.575. The highest BCUT2D eigenvalue weighted by Crippen LogP contribution is 2.60. The molecular weight excluding hydrogens is 443 g/mol. The molecule has 0 aromatic heterocycles. The fourth-order valence-electron chi connectivity index (χ4n) is 3.29. The van der Waals surface area contributed by atoms with Gasteiger partial charge in [0.15, 0.2) is 0 Å². The second kappa shape index (κ2) is 12.2. The van der Waals surface area contributed by atoms with Crippen molar-refractivity contribution in [2.45, 2.75) is 19.3 Å². The fourth-order valence-corrected chi connectivity index (χ4v) is 6.98. The molecule has 0 radical (unpaired) electrons.